The summed E-state index contributed by atoms with van der Waals surface area (Å²) >= 11 is 0. The third kappa shape index (κ3) is 4.48. The van der Waals surface area contributed by atoms with Crippen LogP contribution in [-0.2, 0) is 17.3 Å². The lowest BCUT2D eigenvalue weighted by atomic mass is 9.61. The lowest BCUT2D eigenvalue weighted by molar-refractivity contribution is 0.577. The normalized spacial score (nSPS) is 16.5. The van der Waals surface area contributed by atoms with Crippen LogP contribution < -0.4 is 0 Å². The van der Waals surface area contributed by atoms with Crippen molar-refractivity contribution in [2.45, 2.75) is 50.9 Å². The number of nitrogens with zero attached hydrogens (tertiary/aromatic N) is 3. The van der Waals surface area contributed by atoms with Gasteiger partial charge in [-0.25, -0.2) is 9.97 Å². The van der Waals surface area contributed by atoms with Crippen LogP contribution in [0.5, 0.6) is 0 Å². The summed E-state index contributed by atoms with van der Waals surface area (Å²) in [7, 11) is 0. The van der Waals surface area contributed by atoms with E-state index in [1.165, 1.54) is 88.6 Å². The summed E-state index contributed by atoms with van der Waals surface area (Å²) in [4.78, 5) is 9.53. The fraction of sp³-hybridized carbons (Fsp3) is 0.148. The molecule has 0 saturated heterocycles. The molecule has 0 N–H and O–H groups in total. The number of rotatable bonds is 3. The van der Waals surface area contributed by atoms with Crippen molar-refractivity contribution in [3.05, 3.63) is 197 Å². The van der Waals surface area contributed by atoms with Crippen LogP contribution in [0.4, 0.5) is 0 Å². The molecule has 57 heavy (non-hydrogen) atoms. The minimum atomic E-state index is -0.109. The maximum absolute atomic E-state index is 4.77. The average molecular weight is 732 g/mol. The monoisotopic (exact) mass is 731 g/mol. The van der Waals surface area contributed by atoms with Gasteiger partial charge in [-0.05, 0) is 127 Å². The zero-order valence-corrected chi connectivity index (χ0v) is 32.6. The van der Waals surface area contributed by atoms with Gasteiger partial charge in [-0.3, -0.25) is 0 Å². The summed E-state index contributed by atoms with van der Waals surface area (Å²) in [6.45, 7) is 9.52. The summed E-state index contributed by atoms with van der Waals surface area (Å²) in [6, 6.07) is 54.8. The van der Waals surface area contributed by atoms with E-state index in [2.05, 4.69) is 172 Å². The molecule has 3 aliphatic carbocycles. The van der Waals surface area contributed by atoms with Crippen LogP contribution in [0.2, 0.25) is 0 Å². The van der Waals surface area contributed by atoms with Gasteiger partial charge in [-0.1, -0.05) is 125 Å². The first-order chi connectivity index (χ1) is 27.8. The molecule has 9 aromatic rings. The van der Waals surface area contributed by atoms with Crippen molar-refractivity contribution in [2.24, 2.45) is 0 Å². The predicted octanol–water partition coefficient (Wildman–Crippen LogP) is 13.2. The van der Waals surface area contributed by atoms with Crippen molar-refractivity contribution in [3.63, 3.8) is 0 Å². The molecule has 3 aliphatic rings. The molecule has 0 aliphatic heterocycles. The fourth-order valence-corrected chi connectivity index (χ4v) is 10.9. The number of fused-ring (bicyclic) bond motifs is 10. The maximum Gasteiger partial charge on any atom is 0.159 e. The molecule has 1 atom stereocenters. The second-order valence-electron chi connectivity index (χ2n) is 17.4. The van der Waals surface area contributed by atoms with Crippen LogP contribution in [0, 0.1) is 0 Å². The van der Waals surface area contributed by atoms with Crippen LogP contribution in [0.15, 0.2) is 158 Å². The molecule has 0 amide bonds. The molecule has 2 aromatic heterocycles. The minimum absolute atomic E-state index is 0.0626. The van der Waals surface area contributed by atoms with Gasteiger partial charge in [0.25, 0.3) is 0 Å². The molecule has 0 saturated carbocycles. The average Bonchev–Trinajstić information content (AvgIpc) is 3.69. The zero-order valence-electron chi connectivity index (χ0n) is 32.6. The van der Waals surface area contributed by atoms with Gasteiger partial charge in [0, 0.05) is 51.2 Å². The van der Waals surface area contributed by atoms with Crippen molar-refractivity contribution in [1.82, 2.24) is 14.5 Å². The summed E-state index contributed by atoms with van der Waals surface area (Å²) in [5.41, 5.74) is 22.1. The van der Waals surface area contributed by atoms with E-state index in [1.54, 1.807) is 0 Å². The van der Waals surface area contributed by atoms with E-state index in [0.717, 1.165) is 29.1 Å². The van der Waals surface area contributed by atoms with Crippen molar-refractivity contribution < 1.29 is 0 Å². The smallest absolute Gasteiger partial charge is 0.159 e. The van der Waals surface area contributed by atoms with E-state index in [1.807, 2.05) is 18.5 Å². The highest BCUT2D eigenvalue weighted by atomic mass is 15.0. The second-order valence-corrected chi connectivity index (χ2v) is 17.4. The first kappa shape index (κ1) is 32.6. The lowest BCUT2D eigenvalue weighted by Crippen LogP contribution is -2.31. The highest BCUT2D eigenvalue weighted by Crippen LogP contribution is 2.55. The Morgan fingerprint density at radius 2 is 1.21 bits per heavy atom. The lowest BCUT2D eigenvalue weighted by Gasteiger charge is -2.43. The largest absolute Gasteiger partial charge is 0.309 e. The van der Waals surface area contributed by atoms with Gasteiger partial charge < -0.3 is 4.57 Å². The molecule has 0 spiro atoms. The number of aromatic nitrogens is 3. The molecule has 7 aromatic carbocycles. The molecular formula is C54H41N3. The molecule has 3 nitrogen and oxygen atoms in total. The van der Waals surface area contributed by atoms with Gasteiger partial charge in [-0.15, -0.1) is 0 Å². The highest BCUT2D eigenvalue weighted by Gasteiger charge is 2.41. The predicted molar refractivity (Wildman–Crippen MR) is 234 cm³/mol. The van der Waals surface area contributed by atoms with E-state index in [9.17, 15) is 0 Å². The number of benzene rings is 7. The van der Waals surface area contributed by atoms with Crippen LogP contribution in [0.1, 0.15) is 72.6 Å². The third-order valence-electron chi connectivity index (χ3n) is 13.7. The van der Waals surface area contributed by atoms with Crippen molar-refractivity contribution >= 4 is 21.8 Å². The Kier molecular flexibility index (Phi) is 6.58. The van der Waals surface area contributed by atoms with E-state index in [0.29, 0.717) is 5.92 Å². The van der Waals surface area contributed by atoms with Gasteiger partial charge in [0.2, 0.25) is 0 Å². The van der Waals surface area contributed by atoms with E-state index in [4.69, 9.17) is 9.97 Å². The fourth-order valence-electron chi connectivity index (χ4n) is 10.9. The minimum Gasteiger partial charge on any atom is -0.309 e. The van der Waals surface area contributed by atoms with Gasteiger partial charge >= 0.3 is 0 Å². The van der Waals surface area contributed by atoms with Crippen LogP contribution in [0.3, 0.4) is 0 Å². The Bertz CT molecular complexity index is 3160. The quantitative estimate of drug-likeness (QED) is 0.181. The Labute approximate surface area is 333 Å². The Balaban J connectivity index is 1.08. The summed E-state index contributed by atoms with van der Waals surface area (Å²) < 4.78 is 2.47. The highest BCUT2D eigenvalue weighted by molar-refractivity contribution is 6.11. The zero-order chi connectivity index (χ0) is 38.2. The standard InChI is InChI=1S/C54H41N3/c1-53(2)46-18-9-6-14-38(46)44-29-33-22-21-32(28-41(33)40-16-11-19-47(53)51(40)44)34-25-35(52-55-23-12-24-56-52)27-36(26-34)57-49-20-10-7-15-39(49)43-30-42-37-13-5-8-17-45(37)54(3,4)48(42)31-50(43)57/h5-28,30-31,44H,29H2,1-4H3. The Morgan fingerprint density at radius 1 is 0.491 bits per heavy atom. The number of para-hydroxylation sites is 1. The van der Waals surface area contributed by atoms with E-state index >= 15 is 0 Å². The van der Waals surface area contributed by atoms with E-state index < -0.39 is 0 Å². The molecule has 0 radical (unpaired) electrons. The Hall–Kier alpha value is -6.58. The van der Waals surface area contributed by atoms with Gasteiger partial charge in [0.15, 0.2) is 5.82 Å². The first-order valence-electron chi connectivity index (χ1n) is 20.2. The Morgan fingerprint density at radius 3 is 2.09 bits per heavy atom. The SMILES string of the molecule is CC1(C)c2ccccc2-c2cc3c4ccccc4n(-c4cc(-c5ccc6c(c5)-c5cccc7c5C(C6)c5ccccc5C7(C)C)cc(-c5ncccn5)c4)c3cc21. The molecule has 1 unspecified atom stereocenters. The summed E-state index contributed by atoms with van der Waals surface area (Å²) in [6.07, 6.45) is 4.68. The maximum atomic E-state index is 4.77. The molecular weight excluding hydrogens is 691 g/mol. The molecule has 12 rings (SSSR count). The van der Waals surface area contributed by atoms with Crippen molar-refractivity contribution in [2.75, 3.05) is 0 Å². The summed E-state index contributed by atoms with van der Waals surface area (Å²) in [5, 5.41) is 2.52. The topological polar surface area (TPSA) is 30.7 Å². The number of hydrogen-bond acceptors (Lipinski definition) is 2. The van der Waals surface area contributed by atoms with Crippen LogP contribution in [0.25, 0.3) is 72.3 Å². The van der Waals surface area contributed by atoms with Crippen molar-refractivity contribution in [3.8, 4) is 50.5 Å². The first-order valence-corrected chi connectivity index (χ1v) is 20.2. The molecule has 0 fully saturated rings. The van der Waals surface area contributed by atoms with Gasteiger partial charge in [-0.2, -0.15) is 0 Å². The van der Waals surface area contributed by atoms with Gasteiger partial charge in [0.05, 0.1) is 11.0 Å². The summed E-state index contributed by atoms with van der Waals surface area (Å²) in [5.74, 6) is 1.08. The second kappa shape index (κ2) is 11.5. The van der Waals surface area contributed by atoms with Gasteiger partial charge in [0.1, 0.15) is 0 Å². The van der Waals surface area contributed by atoms with Crippen LogP contribution in [-0.4, -0.2) is 14.5 Å². The number of hydrogen-bond donors (Lipinski definition) is 0. The van der Waals surface area contributed by atoms with Crippen molar-refractivity contribution in [1.29, 1.82) is 0 Å². The third-order valence-corrected chi connectivity index (χ3v) is 13.7. The molecule has 2 heterocycles. The molecule has 272 valence electrons. The van der Waals surface area contributed by atoms with E-state index in [-0.39, 0.29) is 10.8 Å². The molecule has 3 heteroatoms. The van der Waals surface area contributed by atoms with Crippen LogP contribution >= 0.6 is 0 Å². The molecule has 0 bridgehead atoms.